The van der Waals surface area contributed by atoms with Gasteiger partial charge in [-0.15, -0.1) is 0 Å². The largest absolute Gasteiger partial charge is 0.457 e. The third-order valence-electron chi connectivity index (χ3n) is 3.99. The number of hydroxylamine groups is 1. The highest BCUT2D eigenvalue weighted by molar-refractivity contribution is 6.31. The van der Waals surface area contributed by atoms with E-state index in [2.05, 4.69) is 10.4 Å². The number of halogens is 3. The Balaban J connectivity index is 1.84. The molecule has 2 amide bonds. The van der Waals surface area contributed by atoms with Gasteiger partial charge in [-0.05, 0) is 70.8 Å². The van der Waals surface area contributed by atoms with Crippen molar-refractivity contribution >= 4 is 35.2 Å². The van der Waals surface area contributed by atoms with Gasteiger partial charge in [-0.3, -0.25) is 9.59 Å². The van der Waals surface area contributed by atoms with Crippen molar-refractivity contribution in [2.24, 2.45) is 0 Å². The summed E-state index contributed by atoms with van der Waals surface area (Å²) in [7, 11) is 0. The molecule has 3 aromatic carbocycles. The quantitative estimate of drug-likeness (QED) is 0.374. The Hall–Kier alpha value is -3.75. The number of hydrogen-bond donors (Lipinski definition) is 2. The van der Waals surface area contributed by atoms with Gasteiger partial charge in [0.05, 0.1) is 5.56 Å². The molecule has 0 heterocycles. The zero-order chi connectivity index (χ0) is 22.2. The predicted molar refractivity (Wildman–Crippen MR) is 112 cm³/mol. The Morgan fingerprint density at radius 1 is 1.00 bits per heavy atom. The van der Waals surface area contributed by atoms with E-state index in [9.17, 15) is 18.5 Å². The number of carbonyl (C=O) groups excluding carboxylic acids is 2. The number of anilines is 1. The van der Waals surface area contributed by atoms with Gasteiger partial charge in [0.1, 0.15) is 17.3 Å². The van der Waals surface area contributed by atoms with Gasteiger partial charge in [0.25, 0.3) is 11.8 Å². The van der Waals surface area contributed by atoms with Crippen LogP contribution in [0.5, 0.6) is 11.5 Å². The third kappa shape index (κ3) is 6.11. The van der Waals surface area contributed by atoms with Crippen molar-refractivity contribution in [3.05, 3.63) is 94.8 Å². The molecule has 0 atom stereocenters. The van der Waals surface area contributed by atoms with Crippen LogP contribution in [0.2, 0.25) is 5.02 Å². The van der Waals surface area contributed by atoms with Gasteiger partial charge < -0.3 is 10.1 Å². The molecule has 0 fully saturated rings. The Morgan fingerprint density at radius 2 is 1.74 bits per heavy atom. The molecule has 0 aliphatic carbocycles. The maximum Gasteiger partial charge on any atom is 0.270 e. The summed E-state index contributed by atoms with van der Waals surface area (Å²) in [5, 5.41) is 6.14. The predicted octanol–water partition coefficient (Wildman–Crippen LogP) is 5.47. The van der Waals surface area contributed by atoms with Crippen LogP contribution < -0.4 is 15.5 Å². The Morgan fingerprint density at radius 3 is 2.48 bits per heavy atom. The molecule has 9 heteroatoms. The second kappa shape index (κ2) is 10.3. The van der Waals surface area contributed by atoms with Crippen LogP contribution in [0.1, 0.15) is 15.9 Å². The van der Waals surface area contributed by atoms with Crippen molar-refractivity contribution in [2.75, 3.05) is 5.32 Å². The lowest BCUT2D eigenvalue weighted by atomic mass is 10.1. The van der Waals surface area contributed by atoms with E-state index in [-0.39, 0.29) is 11.3 Å². The minimum atomic E-state index is -0.849. The summed E-state index contributed by atoms with van der Waals surface area (Å²) in [6.45, 7) is 0. The highest BCUT2D eigenvalue weighted by atomic mass is 35.5. The fourth-order valence-corrected chi connectivity index (χ4v) is 2.77. The summed E-state index contributed by atoms with van der Waals surface area (Å²) >= 11 is 5.99. The van der Waals surface area contributed by atoms with E-state index in [1.807, 2.05) is 0 Å². The fraction of sp³-hybridized carbons (Fsp3) is 0. The van der Waals surface area contributed by atoms with Gasteiger partial charge in [0, 0.05) is 16.8 Å². The van der Waals surface area contributed by atoms with Gasteiger partial charge in [-0.2, -0.15) is 5.48 Å². The molecule has 0 spiro atoms. The number of benzene rings is 3. The summed E-state index contributed by atoms with van der Waals surface area (Å²) < 4.78 is 30.5. The molecule has 3 rings (SSSR count). The lowest BCUT2D eigenvalue weighted by molar-refractivity contribution is -0.195. The first-order chi connectivity index (χ1) is 15.0. The highest BCUT2D eigenvalue weighted by Crippen LogP contribution is 2.28. The van der Waals surface area contributed by atoms with E-state index >= 15 is 0 Å². The molecular weight excluding hydrogens is 430 g/mol. The SMILES string of the molecule is O=C(/C=C/c1cc(Cl)ccc1NC(=O)c1ccccc1Oc1ccc(F)cc1)NOF. The molecule has 0 unspecified atom stereocenters. The number of rotatable bonds is 7. The molecule has 2 N–H and O–H groups in total. The Bertz CT molecular complexity index is 1120. The topological polar surface area (TPSA) is 76.7 Å². The minimum Gasteiger partial charge on any atom is -0.457 e. The van der Waals surface area contributed by atoms with Crippen LogP contribution in [-0.2, 0) is 9.84 Å². The number of ether oxygens (including phenoxy) is 1. The van der Waals surface area contributed by atoms with Crippen molar-refractivity contribution in [3.8, 4) is 11.5 Å². The molecule has 0 saturated heterocycles. The van der Waals surface area contributed by atoms with Gasteiger partial charge >= 0.3 is 0 Å². The van der Waals surface area contributed by atoms with E-state index in [1.54, 1.807) is 36.4 Å². The van der Waals surface area contributed by atoms with Crippen molar-refractivity contribution in [1.29, 1.82) is 0 Å². The molecule has 6 nitrogen and oxygen atoms in total. The van der Waals surface area contributed by atoms with Crippen LogP contribution in [0.4, 0.5) is 14.6 Å². The van der Waals surface area contributed by atoms with Crippen molar-refractivity contribution in [1.82, 2.24) is 5.48 Å². The van der Waals surface area contributed by atoms with Crippen LogP contribution in [0.3, 0.4) is 0 Å². The summed E-state index contributed by atoms with van der Waals surface area (Å²) in [4.78, 5) is 24.3. The van der Waals surface area contributed by atoms with Crippen molar-refractivity contribution < 1.29 is 28.3 Å². The molecule has 0 bridgehead atoms. The van der Waals surface area contributed by atoms with Crippen LogP contribution in [0, 0.1) is 5.82 Å². The molecule has 0 aliphatic rings. The lowest BCUT2D eigenvalue weighted by Gasteiger charge is -2.13. The van der Waals surface area contributed by atoms with Crippen LogP contribution in [-0.4, -0.2) is 11.8 Å². The van der Waals surface area contributed by atoms with Crippen LogP contribution in [0.25, 0.3) is 6.08 Å². The summed E-state index contributed by atoms with van der Waals surface area (Å²) in [5.41, 5.74) is 2.46. The number of carbonyl (C=O) groups is 2. The first kappa shape index (κ1) is 21.9. The maximum atomic E-state index is 13.1. The monoisotopic (exact) mass is 444 g/mol. The molecule has 158 valence electrons. The molecule has 31 heavy (non-hydrogen) atoms. The molecular formula is C22H15ClF2N2O4. The van der Waals surface area contributed by atoms with E-state index in [0.717, 1.165) is 6.08 Å². The van der Waals surface area contributed by atoms with Crippen molar-refractivity contribution in [2.45, 2.75) is 0 Å². The molecule has 3 aromatic rings. The van der Waals surface area contributed by atoms with Gasteiger partial charge in [-0.1, -0.05) is 28.8 Å². The summed E-state index contributed by atoms with van der Waals surface area (Å²) in [6.07, 6.45) is 2.34. The molecule has 0 radical (unpaired) electrons. The van der Waals surface area contributed by atoms with Crippen molar-refractivity contribution in [3.63, 3.8) is 0 Å². The zero-order valence-corrected chi connectivity index (χ0v) is 16.5. The molecule has 0 aliphatic heterocycles. The average Bonchev–Trinajstić information content (AvgIpc) is 2.76. The molecule has 0 aromatic heterocycles. The smallest absolute Gasteiger partial charge is 0.270 e. The summed E-state index contributed by atoms with van der Waals surface area (Å²) in [6, 6.07) is 16.5. The lowest BCUT2D eigenvalue weighted by Crippen LogP contribution is -2.17. The first-order valence-corrected chi connectivity index (χ1v) is 9.23. The maximum absolute atomic E-state index is 13.1. The second-order valence-corrected chi connectivity index (χ2v) is 6.55. The standard InChI is InChI=1S/C22H15ClF2N2O4/c23-15-6-11-19(14(13-15)5-12-21(28)27-31-25)26-22(29)18-3-1-2-4-20(18)30-17-9-7-16(24)8-10-17/h1-13H,(H,26,29)(H,27,28)/b12-5+. The normalized spacial score (nSPS) is 10.7. The second-order valence-electron chi connectivity index (χ2n) is 6.11. The Labute approximate surface area is 180 Å². The van der Waals surface area contributed by atoms with E-state index < -0.39 is 17.6 Å². The van der Waals surface area contributed by atoms with Crippen LogP contribution in [0.15, 0.2) is 72.8 Å². The minimum absolute atomic E-state index is 0.222. The van der Waals surface area contributed by atoms with E-state index in [0.29, 0.717) is 22.0 Å². The molecule has 0 saturated carbocycles. The van der Waals surface area contributed by atoms with Crippen LogP contribution >= 0.6 is 11.6 Å². The first-order valence-electron chi connectivity index (χ1n) is 8.85. The Kier molecular flexibility index (Phi) is 7.31. The third-order valence-corrected chi connectivity index (χ3v) is 4.22. The summed E-state index contributed by atoms with van der Waals surface area (Å²) in [5.74, 6) is -1.13. The van der Waals surface area contributed by atoms with E-state index in [1.165, 1.54) is 41.9 Å². The van der Waals surface area contributed by atoms with E-state index in [4.69, 9.17) is 16.3 Å². The van der Waals surface area contributed by atoms with Gasteiger partial charge in [-0.25, -0.2) is 4.39 Å². The number of amides is 2. The van der Waals surface area contributed by atoms with Gasteiger partial charge in [0.2, 0.25) is 0 Å². The number of nitrogens with one attached hydrogen (secondary N) is 2. The highest BCUT2D eigenvalue weighted by Gasteiger charge is 2.15. The fourth-order valence-electron chi connectivity index (χ4n) is 2.59. The van der Waals surface area contributed by atoms with Gasteiger partial charge in [0.15, 0.2) is 0 Å². The number of hydrogen-bond acceptors (Lipinski definition) is 4. The number of para-hydroxylation sites is 1. The zero-order valence-electron chi connectivity index (χ0n) is 15.8. The average molecular weight is 445 g/mol.